The van der Waals surface area contributed by atoms with E-state index in [1.54, 1.807) is 24.3 Å². The highest BCUT2D eigenvalue weighted by atomic mass is 35.5. The van der Waals surface area contributed by atoms with Crippen molar-refractivity contribution in [1.29, 1.82) is 0 Å². The summed E-state index contributed by atoms with van der Waals surface area (Å²) in [5, 5.41) is 1.19. The Kier molecular flexibility index (Phi) is 4.15. The second kappa shape index (κ2) is 5.40. The highest BCUT2D eigenvalue weighted by Gasteiger charge is 2.42. The van der Waals surface area contributed by atoms with E-state index < -0.39 is 9.84 Å². The van der Waals surface area contributed by atoms with Gasteiger partial charge in [0, 0.05) is 5.88 Å². The number of sulfone groups is 1. The third-order valence-corrected chi connectivity index (χ3v) is 5.90. The summed E-state index contributed by atoms with van der Waals surface area (Å²) >= 11 is 5.88. The SMILES string of the molecule is Cc1ccc(S(=O)(=O)C=C=C2CC(CCl)C2(C)C)cc1. The van der Waals surface area contributed by atoms with Crippen molar-refractivity contribution in [3.05, 3.63) is 46.5 Å². The molecule has 2 rings (SSSR count). The second-order valence-electron chi connectivity index (χ2n) is 5.88. The summed E-state index contributed by atoms with van der Waals surface area (Å²) in [6, 6.07) is 6.84. The van der Waals surface area contributed by atoms with Crippen molar-refractivity contribution in [1.82, 2.24) is 0 Å². The van der Waals surface area contributed by atoms with Crippen LogP contribution in [0.5, 0.6) is 0 Å². The Balaban J connectivity index is 2.30. The van der Waals surface area contributed by atoms with Gasteiger partial charge in [-0.3, -0.25) is 0 Å². The number of halogens is 1. The predicted octanol–water partition coefficient (Wildman–Crippen LogP) is 4.09. The summed E-state index contributed by atoms with van der Waals surface area (Å²) in [5.74, 6) is 1.00. The van der Waals surface area contributed by atoms with Crippen molar-refractivity contribution in [3.8, 4) is 0 Å². The lowest BCUT2D eigenvalue weighted by atomic mass is 9.60. The van der Waals surface area contributed by atoms with Gasteiger partial charge in [-0.05, 0) is 42.4 Å². The van der Waals surface area contributed by atoms with Gasteiger partial charge in [-0.15, -0.1) is 17.3 Å². The van der Waals surface area contributed by atoms with Crippen LogP contribution >= 0.6 is 11.6 Å². The highest BCUT2D eigenvalue weighted by molar-refractivity contribution is 7.94. The lowest BCUT2D eigenvalue weighted by molar-refractivity contribution is 0.191. The fourth-order valence-corrected chi connectivity index (χ4v) is 3.76. The average Bonchev–Trinajstić information content (AvgIpc) is 2.38. The normalized spacial score (nSPS) is 21.0. The van der Waals surface area contributed by atoms with Gasteiger partial charge in [0.25, 0.3) is 0 Å². The Labute approximate surface area is 126 Å². The van der Waals surface area contributed by atoms with E-state index in [-0.39, 0.29) is 5.41 Å². The molecule has 0 N–H and O–H groups in total. The van der Waals surface area contributed by atoms with E-state index >= 15 is 0 Å². The number of hydrogen-bond donors (Lipinski definition) is 0. The van der Waals surface area contributed by atoms with Crippen molar-refractivity contribution in [2.45, 2.75) is 32.1 Å². The van der Waals surface area contributed by atoms with Crippen molar-refractivity contribution in [3.63, 3.8) is 0 Å². The molecule has 1 saturated carbocycles. The fraction of sp³-hybridized carbons (Fsp3) is 0.438. The molecule has 0 aliphatic heterocycles. The van der Waals surface area contributed by atoms with Gasteiger partial charge in [0.1, 0.15) is 0 Å². The van der Waals surface area contributed by atoms with Crippen LogP contribution in [0.3, 0.4) is 0 Å². The fourth-order valence-electron chi connectivity index (χ4n) is 2.32. The molecule has 1 aromatic rings. The van der Waals surface area contributed by atoms with E-state index in [9.17, 15) is 8.42 Å². The van der Waals surface area contributed by atoms with E-state index in [1.165, 1.54) is 5.41 Å². The topological polar surface area (TPSA) is 34.1 Å². The molecule has 1 unspecified atom stereocenters. The third-order valence-electron chi connectivity index (χ3n) is 4.17. The number of alkyl halides is 1. The summed E-state index contributed by atoms with van der Waals surface area (Å²) in [6.07, 6.45) is 0.830. The first-order chi connectivity index (χ1) is 9.27. The minimum absolute atomic E-state index is 0.0545. The van der Waals surface area contributed by atoms with Crippen LogP contribution in [0.2, 0.25) is 0 Å². The molecule has 1 atom stereocenters. The van der Waals surface area contributed by atoms with Crippen LogP contribution in [0.4, 0.5) is 0 Å². The summed E-state index contributed by atoms with van der Waals surface area (Å²) in [7, 11) is -3.41. The van der Waals surface area contributed by atoms with Crippen molar-refractivity contribution in [2.75, 3.05) is 5.88 Å². The van der Waals surface area contributed by atoms with Crippen LogP contribution in [0.15, 0.2) is 45.9 Å². The Morgan fingerprint density at radius 2 is 1.95 bits per heavy atom. The molecule has 1 fully saturated rings. The molecule has 0 heterocycles. The average molecular weight is 311 g/mol. The Morgan fingerprint density at radius 3 is 2.45 bits per heavy atom. The second-order valence-corrected chi connectivity index (χ2v) is 7.98. The maximum absolute atomic E-state index is 12.2. The number of hydrogen-bond acceptors (Lipinski definition) is 2. The van der Waals surface area contributed by atoms with E-state index in [1.807, 2.05) is 6.92 Å². The molecule has 2 nitrogen and oxygen atoms in total. The maximum Gasteiger partial charge on any atom is 0.207 e. The maximum atomic E-state index is 12.2. The molecule has 20 heavy (non-hydrogen) atoms. The molecule has 108 valence electrons. The van der Waals surface area contributed by atoms with E-state index in [2.05, 4.69) is 19.6 Å². The number of benzene rings is 1. The Bertz CT molecular complexity index is 663. The summed E-state index contributed by atoms with van der Waals surface area (Å²) < 4.78 is 24.4. The van der Waals surface area contributed by atoms with Crippen molar-refractivity contribution >= 4 is 21.4 Å². The quantitative estimate of drug-likeness (QED) is 0.622. The van der Waals surface area contributed by atoms with Crippen LogP contribution in [-0.4, -0.2) is 14.3 Å². The van der Waals surface area contributed by atoms with Gasteiger partial charge in [-0.2, -0.15) is 0 Å². The monoisotopic (exact) mass is 310 g/mol. The summed E-state index contributed by atoms with van der Waals surface area (Å²) in [5.41, 5.74) is 4.98. The standard InChI is InChI=1S/C16H19ClO2S/c1-12-4-6-15(7-5-12)20(18,19)9-8-13-10-14(11-17)16(13,2)3/h4-7,9,14H,10-11H2,1-3H3. The first-order valence-corrected chi connectivity index (χ1v) is 8.69. The largest absolute Gasteiger partial charge is 0.218 e. The number of allylic oxidation sites excluding steroid dienone is 1. The minimum Gasteiger partial charge on any atom is -0.218 e. The van der Waals surface area contributed by atoms with Gasteiger partial charge in [0.2, 0.25) is 9.84 Å². The van der Waals surface area contributed by atoms with Gasteiger partial charge in [0.15, 0.2) is 0 Å². The van der Waals surface area contributed by atoms with Crippen LogP contribution in [0, 0.1) is 18.3 Å². The first-order valence-electron chi connectivity index (χ1n) is 6.61. The van der Waals surface area contributed by atoms with Gasteiger partial charge in [-0.25, -0.2) is 8.42 Å². The van der Waals surface area contributed by atoms with Gasteiger partial charge < -0.3 is 0 Å². The molecule has 4 heteroatoms. The number of aryl methyl sites for hydroxylation is 1. The molecule has 1 aromatic carbocycles. The molecular formula is C16H19ClO2S. The molecular weight excluding hydrogens is 292 g/mol. The molecule has 0 radical (unpaired) electrons. The first kappa shape index (κ1) is 15.4. The van der Waals surface area contributed by atoms with Gasteiger partial charge >= 0.3 is 0 Å². The zero-order valence-corrected chi connectivity index (χ0v) is 13.6. The Hall–Kier alpha value is -1.02. The van der Waals surface area contributed by atoms with Gasteiger partial charge in [-0.1, -0.05) is 31.5 Å². The molecule has 0 bridgehead atoms. The summed E-state index contributed by atoms with van der Waals surface area (Å²) in [6.45, 7) is 6.09. The zero-order valence-electron chi connectivity index (χ0n) is 12.0. The van der Waals surface area contributed by atoms with Crippen LogP contribution in [0.1, 0.15) is 25.8 Å². The van der Waals surface area contributed by atoms with Crippen LogP contribution < -0.4 is 0 Å². The zero-order chi connectivity index (χ0) is 15.0. The molecule has 1 aliphatic rings. The molecule has 0 saturated heterocycles. The predicted molar refractivity (Wildman–Crippen MR) is 82.6 cm³/mol. The number of rotatable bonds is 3. The minimum atomic E-state index is -3.41. The molecule has 0 amide bonds. The van der Waals surface area contributed by atoms with Crippen molar-refractivity contribution < 1.29 is 8.42 Å². The van der Waals surface area contributed by atoms with Crippen molar-refractivity contribution in [2.24, 2.45) is 11.3 Å². The molecule has 0 spiro atoms. The molecule has 1 aliphatic carbocycles. The van der Waals surface area contributed by atoms with E-state index in [0.29, 0.717) is 16.7 Å². The van der Waals surface area contributed by atoms with E-state index in [4.69, 9.17) is 11.6 Å². The van der Waals surface area contributed by atoms with Crippen LogP contribution in [0.25, 0.3) is 0 Å². The Morgan fingerprint density at radius 1 is 1.35 bits per heavy atom. The van der Waals surface area contributed by atoms with Crippen LogP contribution in [-0.2, 0) is 9.84 Å². The summed E-state index contributed by atoms with van der Waals surface area (Å²) in [4.78, 5) is 0.308. The third kappa shape index (κ3) is 2.85. The van der Waals surface area contributed by atoms with Gasteiger partial charge in [0.05, 0.1) is 10.3 Å². The lowest BCUT2D eigenvalue weighted by Crippen LogP contribution is -2.38. The molecule has 0 aromatic heterocycles. The smallest absolute Gasteiger partial charge is 0.207 e. The lowest BCUT2D eigenvalue weighted by Gasteiger charge is -2.45. The van der Waals surface area contributed by atoms with E-state index in [0.717, 1.165) is 17.6 Å². The highest BCUT2D eigenvalue weighted by Crippen LogP contribution is 2.50.